The number of nitrogens with one attached hydrogen (secondary N) is 1. The molecule has 0 saturated heterocycles. The first kappa shape index (κ1) is 16.7. The van der Waals surface area contributed by atoms with Gasteiger partial charge in [-0.25, -0.2) is 8.42 Å². The van der Waals surface area contributed by atoms with E-state index < -0.39 is 10.0 Å². The van der Waals surface area contributed by atoms with Gasteiger partial charge in [0, 0.05) is 24.0 Å². The average Bonchev–Trinajstić information content (AvgIpc) is 3.21. The van der Waals surface area contributed by atoms with Gasteiger partial charge < -0.3 is 9.72 Å². The van der Waals surface area contributed by atoms with Crippen LogP contribution in [0.5, 0.6) is 5.75 Å². The topological polar surface area (TPSA) is 62.4 Å². The number of rotatable bonds is 4. The molecule has 1 aliphatic rings. The smallest absolute Gasteiger partial charge is 0.264 e. The van der Waals surface area contributed by atoms with Crippen molar-refractivity contribution in [3.8, 4) is 17.0 Å². The standard InChI is InChI=1S/C20H20N2O3S/c1-25-20-11-10-16(14-17(20)18-8-4-12-21-18)26(23,24)22-13-5-7-15-6-2-3-9-19(15)22/h2-4,6,8-12,14,21H,5,7,13H2,1H3. The summed E-state index contributed by atoms with van der Waals surface area (Å²) < 4.78 is 33.6. The highest BCUT2D eigenvalue weighted by Gasteiger charge is 2.29. The lowest BCUT2D eigenvalue weighted by Crippen LogP contribution is -2.35. The number of fused-ring (bicyclic) bond motifs is 1. The minimum Gasteiger partial charge on any atom is -0.496 e. The lowest BCUT2D eigenvalue weighted by atomic mass is 10.0. The van der Waals surface area contributed by atoms with Crippen LogP contribution in [0.25, 0.3) is 11.3 Å². The minimum atomic E-state index is -3.65. The zero-order valence-corrected chi connectivity index (χ0v) is 15.3. The van der Waals surface area contributed by atoms with Gasteiger partial charge in [-0.2, -0.15) is 0 Å². The normalized spacial score (nSPS) is 14.1. The van der Waals surface area contributed by atoms with Crippen molar-refractivity contribution in [3.05, 3.63) is 66.4 Å². The summed E-state index contributed by atoms with van der Waals surface area (Å²) in [4.78, 5) is 3.38. The number of para-hydroxylation sites is 1. The third-order valence-corrected chi connectivity index (χ3v) is 6.52. The molecule has 1 aromatic heterocycles. The second-order valence-electron chi connectivity index (χ2n) is 6.26. The summed E-state index contributed by atoms with van der Waals surface area (Å²) >= 11 is 0. The molecule has 134 valence electrons. The Morgan fingerprint density at radius 2 is 1.92 bits per heavy atom. The molecule has 0 spiro atoms. The second-order valence-corrected chi connectivity index (χ2v) is 8.12. The van der Waals surface area contributed by atoms with Crippen LogP contribution in [0.2, 0.25) is 0 Å². The van der Waals surface area contributed by atoms with Gasteiger partial charge in [-0.1, -0.05) is 18.2 Å². The maximum Gasteiger partial charge on any atom is 0.264 e. The van der Waals surface area contributed by atoms with Crippen molar-refractivity contribution < 1.29 is 13.2 Å². The van der Waals surface area contributed by atoms with Crippen LogP contribution in [-0.4, -0.2) is 27.1 Å². The minimum absolute atomic E-state index is 0.264. The maximum absolute atomic E-state index is 13.3. The molecule has 0 atom stereocenters. The quantitative estimate of drug-likeness (QED) is 0.761. The number of H-pyrrole nitrogens is 1. The molecule has 0 amide bonds. The maximum atomic E-state index is 13.3. The van der Waals surface area contributed by atoms with E-state index in [2.05, 4.69) is 4.98 Å². The molecule has 26 heavy (non-hydrogen) atoms. The Morgan fingerprint density at radius 1 is 1.08 bits per heavy atom. The Kier molecular flexibility index (Phi) is 4.20. The Balaban J connectivity index is 1.82. The van der Waals surface area contributed by atoms with Gasteiger partial charge in [0.25, 0.3) is 10.0 Å². The van der Waals surface area contributed by atoms with Gasteiger partial charge in [-0.05, 0) is 54.8 Å². The molecule has 1 aliphatic heterocycles. The van der Waals surface area contributed by atoms with E-state index in [4.69, 9.17) is 4.74 Å². The first-order valence-corrected chi connectivity index (χ1v) is 9.98. The molecule has 0 bridgehead atoms. The first-order valence-electron chi connectivity index (χ1n) is 8.54. The fourth-order valence-electron chi connectivity index (χ4n) is 3.43. The first-order chi connectivity index (χ1) is 12.6. The van der Waals surface area contributed by atoms with Crippen LogP contribution in [0.1, 0.15) is 12.0 Å². The van der Waals surface area contributed by atoms with Gasteiger partial charge in [0.05, 0.1) is 17.7 Å². The van der Waals surface area contributed by atoms with Gasteiger partial charge in [-0.15, -0.1) is 0 Å². The average molecular weight is 368 g/mol. The zero-order chi connectivity index (χ0) is 18.1. The van der Waals surface area contributed by atoms with Crippen LogP contribution in [0.4, 0.5) is 5.69 Å². The van der Waals surface area contributed by atoms with Crippen LogP contribution in [0.3, 0.4) is 0 Å². The number of sulfonamides is 1. The molecule has 0 fully saturated rings. The number of aromatic nitrogens is 1. The van der Waals surface area contributed by atoms with Crippen LogP contribution in [-0.2, 0) is 16.4 Å². The summed E-state index contributed by atoms with van der Waals surface area (Å²) in [5.74, 6) is 0.630. The van der Waals surface area contributed by atoms with Crippen molar-refractivity contribution in [1.29, 1.82) is 0 Å². The lowest BCUT2D eigenvalue weighted by Gasteiger charge is -2.30. The van der Waals surface area contributed by atoms with E-state index in [9.17, 15) is 8.42 Å². The second kappa shape index (κ2) is 6.53. The molecule has 2 aromatic carbocycles. The molecule has 0 aliphatic carbocycles. The monoisotopic (exact) mass is 368 g/mol. The highest BCUT2D eigenvalue weighted by molar-refractivity contribution is 7.92. The summed E-state index contributed by atoms with van der Waals surface area (Å²) in [6, 6.07) is 16.5. The van der Waals surface area contributed by atoms with Crippen molar-refractivity contribution in [3.63, 3.8) is 0 Å². The summed E-state index contributed by atoms with van der Waals surface area (Å²) in [6.45, 7) is 0.489. The van der Waals surface area contributed by atoms with Crippen LogP contribution in [0, 0.1) is 0 Å². The van der Waals surface area contributed by atoms with Crippen molar-refractivity contribution in [2.45, 2.75) is 17.7 Å². The lowest BCUT2D eigenvalue weighted by molar-refractivity contribution is 0.416. The fourth-order valence-corrected chi connectivity index (χ4v) is 5.00. The number of hydrogen-bond donors (Lipinski definition) is 1. The van der Waals surface area contributed by atoms with Crippen LogP contribution >= 0.6 is 0 Å². The molecule has 3 aromatic rings. The third kappa shape index (κ3) is 2.76. The number of aryl methyl sites for hydroxylation is 1. The van der Waals surface area contributed by atoms with E-state index in [1.807, 2.05) is 36.4 Å². The van der Waals surface area contributed by atoms with Crippen LogP contribution in [0.15, 0.2) is 65.7 Å². The molecular weight excluding hydrogens is 348 g/mol. The van der Waals surface area contributed by atoms with Crippen molar-refractivity contribution in [2.75, 3.05) is 18.0 Å². The Labute approximate surface area is 153 Å². The number of benzene rings is 2. The highest BCUT2D eigenvalue weighted by atomic mass is 32.2. The van der Waals surface area contributed by atoms with Crippen molar-refractivity contribution >= 4 is 15.7 Å². The number of methoxy groups -OCH3 is 1. The number of aromatic amines is 1. The zero-order valence-electron chi connectivity index (χ0n) is 14.5. The van der Waals surface area contributed by atoms with E-state index >= 15 is 0 Å². The SMILES string of the molecule is COc1ccc(S(=O)(=O)N2CCCc3ccccc32)cc1-c1ccc[nH]1. The predicted molar refractivity (Wildman–Crippen MR) is 102 cm³/mol. The Bertz CT molecular complexity index is 1030. The molecule has 2 heterocycles. The molecule has 0 saturated carbocycles. The third-order valence-electron chi connectivity index (χ3n) is 4.71. The van der Waals surface area contributed by atoms with E-state index in [1.165, 1.54) is 4.31 Å². The summed E-state index contributed by atoms with van der Waals surface area (Å²) in [6.07, 6.45) is 3.52. The fraction of sp³-hybridized carbons (Fsp3) is 0.200. The van der Waals surface area contributed by atoms with E-state index in [1.54, 1.807) is 31.5 Å². The van der Waals surface area contributed by atoms with E-state index in [0.717, 1.165) is 35.3 Å². The number of ether oxygens (including phenoxy) is 1. The van der Waals surface area contributed by atoms with Gasteiger partial charge >= 0.3 is 0 Å². The summed E-state index contributed by atoms with van der Waals surface area (Å²) in [5, 5.41) is 0. The molecule has 0 unspecified atom stereocenters. The highest BCUT2D eigenvalue weighted by Crippen LogP contribution is 2.35. The van der Waals surface area contributed by atoms with E-state index in [-0.39, 0.29) is 4.90 Å². The number of hydrogen-bond acceptors (Lipinski definition) is 3. The summed E-state index contributed by atoms with van der Waals surface area (Å²) in [5.41, 5.74) is 3.39. The van der Waals surface area contributed by atoms with Gasteiger partial charge in [-0.3, -0.25) is 4.31 Å². The molecule has 6 heteroatoms. The van der Waals surface area contributed by atoms with Crippen LogP contribution < -0.4 is 9.04 Å². The summed E-state index contributed by atoms with van der Waals surface area (Å²) in [7, 11) is -2.07. The Hall–Kier alpha value is -2.73. The van der Waals surface area contributed by atoms with Gasteiger partial charge in [0.15, 0.2) is 0 Å². The largest absolute Gasteiger partial charge is 0.496 e. The van der Waals surface area contributed by atoms with Gasteiger partial charge in [0.2, 0.25) is 0 Å². The van der Waals surface area contributed by atoms with E-state index in [0.29, 0.717) is 12.3 Å². The van der Waals surface area contributed by atoms with Gasteiger partial charge in [0.1, 0.15) is 5.75 Å². The van der Waals surface area contributed by atoms with Crippen molar-refractivity contribution in [1.82, 2.24) is 4.98 Å². The molecule has 5 nitrogen and oxygen atoms in total. The molecule has 4 rings (SSSR count). The number of anilines is 1. The molecule has 0 radical (unpaired) electrons. The van der Waals surface area contributed by atoms with Crippen molar-refractivity contribution in [2.24, 2.45) is 0 Å². The molecular formula is C20H20N2O3S. The number of nitrogens with zero attached hydrogens (tertiary/aromatic N) is 1. The predicted octanol–water partition coefficient (Wildman–Crippen LogP) is 3.83. The Morgan fingerprint density at radius 3 is 2.69 bits per heavy atom. The molecule has 1 N–H and O–H groups in total.